The second kappa shape index (κ2) is 6.26. The zero-order valence-electron chi connectivity index (χ0n) is 12.1. The lowest BCUT2D eigenvalue weighted by atomic mass is 10.1. The lowest BCUT2D eigenvalue weighted by molar-refractivity contribution is 0.247. The van der Waals surface area contributed by atoms with Gasteiger partial charge in [-0.25, -0.2) is 0 Å². The van der Waals surface area contributed by atoms with E-state index < -0.39 is 0 Å². The summed E-state index contributed by atoms with van der Waals surface area (Å²) in [7, 11) is 0. The molecule has 1 atom stereocenters. The first-order chi connectivity index (χ1) is 10.7. The Morgan fingerprint density at radius 1 is 0.909 bits per heavy atom. The van der Waals surface area contributed by atoms with E-state index in [4.69, 9.17) is 20.9 Å². The van der Waals surface area contributed by atoms with Gasteiger partial charge in [-0.15, -0.1) is 0 Å². The fourth-order valence-electron chi connectivity index (χ4n) is 2.25. The molecule has 0 heterocycles. The van der Waals surface area contributed by atoms with E-state index in [2.05, 4.69) is 0 Å². The minimum atomic E-state index is -0.0485. The number of rotatable bonds is 4. The van der Waals surface area contributed by atoms with Crippen molar-refractivity contribution in [1.29, 1.82) is 0 Å². The normalized spacial score (nSPS) is 16.9. The van der Waals surface area contributed by atoms with Crippen molar-refractivity contribution in [3.8, 4) is 17.2 Å². The van der Waals surface area contributed by atoms with Crippen LogP contribution in [0.25, 0.3) is 0 Å². The van der Waals surface area contributed by atoms with Crippen LogP contribution in [0.5, 0.6) is 17.2 Å². The average Bonchev–Trinajstić information content (AvgIpc) is 2.47. The third-order valence-corrected chi connectivity index (χ3v) is 3.26. The Hall–Kier alpha value is -2.88. The zero-order chi connectivity index (χ0) is 15.4. The molecule has 0 radical (unpaired) electrons. The zero-order valence-corrected chi connectivity index (χ0v) is 12.1. The molecule has 1 aliphatic rings. The summed E-state index contributed by atoms with van der Waals surface area (Å²) >= 11 is 0. The maximum Gasteiger partial charge on any atom is 0.131 e. The number of ether oxygens (including phenoxy) is 2. The fourth-order valence-corrected chi connectivity index (χ4v) is 2.25. The topological polar surface area (TPSA) is 70.5 Å². The van der Waals surface area contributed by atoms with Gasteiger partial charge in [0.15, 0.2) is 0 Å². The van der Waals surface area contributed by atoms with Gasteiger partial charge < -0.3 is 20.9 Å². The Balaban J connectivity index is 1.70. The average molecular weight is 294 g/mol. The molecule has 4 N–H and O–H groups in total. The second-order valence-electron chi connectivity index (χ2n) is 5.14. The van der Waals surface area contributed by atoms with Gasteiger partial charge in [-0.2, -0.15) is 0 Å². The minimum Gasteiger partial charge on any atom is -0.486 e. The molecule has 1 unspecified atom stereocenters. The van der Waals surface area contributed by atoms with Gasteiger partial charge in [0.25, 0.3) is 0 Å². The molecule has 1 aliphatic carbocycles. The van der Waals surface area contributed by atoms with Gasteiger partial charge in [0.1, 0.15) is 23.4 Å². The third-order valence-electron chi connectivity index (χ3n) is 3.26. The second-order valence-corrected chi connectivity index (χ2v) is 5.14. The molecule has 0 bridgehead atoms. The molecule has 0 amide bonds. The highest BCUT2D eigenvalue weighted by Gasteiger charge is 2.11. The smallest absolute Gasteiger partial charge is 0.131 e. The summed E-state index contributed by atoms with van der Waals surface area (Å²) in [5.41, 5.74) is 13.1. The molecule has 2 aromatic rings. The Morgan fingerprint density at radius 2 is 1.64 bits per heavy atom. The summed E-state index contributed by atoms with van der Waals surface area (Å²) < 4.78 is 11.7. The van der Waals surface area contributed by atoms with E-state index in [9.17, 15) is 0 Å². The van der Waals surface area contributed by atoms with Crippen LogP contribution in [-0.2, 0) is 0 Å². The molecule has 22 heavy (non-hydrogen) atoms. The Morgan fingerprint density at radius 3 is 2.41 bits per heavy atom. The molecule has 0 fully saturated rings. The first-order valence-corrected chi connectivity index (χ1v) is 7.12. The van der Waals surface area contributed by atoms with E-state index in [0.717, 1.165) is 11.4 Å². The quantitative estimate of drug-likeness (QED) is 0.845. The highest BCUT2D eigenvalue weighted by atomic mass is 16.5. The fraction of sp³-hybridized carbons (Fsp3) is 0.111. The van der Waals surface area contributed by atoms with Crippen molar-refractivity contribution in [3.05, 3.63) is 72.5 Å². The van der Waals surface area contributed by atoms with Gasteiger partial charge in [-0.05, 0) is 36.4 Å². The van der Waals surface area contributed by atoms with E-state index in [1.54, 1.807) is 6.07 Å². The molecule has 0 aliphatic heterocycles. The van der Waals surface area contributed by atoms with Crippen LogP contribution in [0.1, 0.15) is 6.42 Å². The van der Waals surface area contributed by atoms with Crippen LogP contribution in [0.15, 0.2) is 72.5 Å². The van der Waals surface area contributed by atoms with E-state index >= 15 is 0 Å². The van der Waals surface area contributed by atoms with E-state index in [1.807, 2.05) is 60.7 Å². The molecular weight excluding hydrogens is 276 g/mol. The van der Waals surface area contributed by atoms with Gasteiger partial charge in [0.05, 0.1) is 0 Å². The number of nitrogen functional groups attached to an aromatic ring is 1. The summed E-state index contributed by atoms with van der Waals surface area (Å²) in [4.78, 5) is 0. The third kappa shape index (κ3) is 3.61. The first-order valence-electron chi connectivity index (χ1n) is 7.12. The highest BCUT2D eigenvalue weighted by Crippen LogP contribution is 2.27. The molecular formula is C18H18N2O2. The van der Waals surface area contributed by atoms with Crippen LogP contribution in [0.4, 0.5) is 5.69 Å². The van der Waals surface area contributed by atoms with Crippen molar-refractivity contribution in [2.45, 2.75) is 12.5 Å². The first kappa shape index (κ1) is 14.1. The Bertz CT molecular complexity index is 723. The van der Waals surface area contributed by atoms with Crippen LogP contribution in [0, 0.1) is 0 Å². The van der Waals surface area contributed by atoms with Gasteiger partial charge in [-0.3, -0.25) is 0 Å². The molecule has 0 aromatic heterocycles. The summed E-state index contributed by atoms with van der Waals surface area (Å²) in [6, 6.07) is 14.8. The van der Waals surface area contributed by atoms with Crippen LogP contribution in [0.3, 0.4) is 0 Å². The molecule has 0 spiro atoms. The lowest BCUT2D eigenvalue weighted by Gasteiger charge is -2.18. The van der Waals surface area contributed by atoms with E-state index in [1.165, 1.54) is 0 Å². The number of anilines is 1. The Labute approximate surface area is 129 Å². The van der Waals surface area contributed by atoms with Crippen LogP contribution < -0.4 is 20.9 Å². The summed E-state index contributed by atoms with van der Waals surface area (Å²) in [5, 5.41) is 0. The van der Waals surface area contributed by atoms with Crippen molar-refractivity contribution in [3.63, 3.8) is 0 Å². The van der Waals surface area contributed by atoms with E-state index in [0.29, 0.717) is 23.6 Å². The Kier molecular flexibility index (Phi) is 4.01. The summed E-state index contributed by atoms with van der Waals surface area (Å²) in [5.74, 6) is 2.14. The number of hydrogen-bond donors (Lipinski definition) is 2. The van der Waals surface area contributed by atoms with Crippen molar-refractivity contribution in [2.75, 3.05) is 5.73 Å². The summed E-state index contributed by atoms with van der Waals surface area (Å²) in [6.07, 6.45) is 6.43. The SMILES string of the molecule is NC1=CC=CC(Oc2cccc(Oc3cccc(N)c3)c2)C1. The van der Waals surface area contributed by atoms with Gasteiger partial charge in [0, 0.05) is 29.9 Å². The van der Waals surface area contributed by atoms with Crippen LogP contribution in [0.2, 0.25) is 0 Å². The van der Waals surface area contributed by atoms with Crippen molar-refractivity contribution in [2.24, 2.45) is 5.73 Å². The van der Waals surface area contributed by atoms with Crippen LogP contribution in [-0.4, -0.2) is 6.10 Å². The van der Waals surface area contributed by atoms with E-state index in [-0.39, 0.29) is 6.10 Å². The number of benzene rings is 2. The van der Waals surface area contributed by atoms with Gasteiger partial charge in [-0.1, -0.05) is 18.2 Å². The molecule has 0 saturated heterocycles. The van der Waals surface area contributed by atoms with Crippen molar-refractivity contribution < 1.29 is 9.47 Å². The predicted molar refractivity (Wildman–Crippen MR) is 87.8 cm³/mol. The number of nitrogens with two attached hydrogens (primary N) is 2. The monoisotopic (exact) mass is 294 g/mol. The molecule has 4 nitrogen and oxygen atoms in total. The maximum absolute atomic E-state index is 5.92. The molecule has 0 saturated carbocycles. The van der Waals surface area contributed by atoms with Gasteiger partial charge >= 0.3 is 0 Å². The number of allylic oxidation sites excluding steroid dienone is 2. The molecule has 3 rings (SSSR count). The van der Waals surface area contributed by atoms with Crippen molar-refractivity contribution in [1.82, 2.24) is 0 Å². The highest BCUT2D eigenvalue weighted by molar-refractivity contribution is 5.45. The van der Waals surface area contributed by atoms with Crippen molar-refractivity contribution >= 4 is 5.69 Å². The number of hydrogen-bond acceptors (Lipinski definition) is 4. The maximum atomic E-state index is 5.92. The van der Waals surface area contributed by atoms with Crippen LogP contribution >= 0.6 is 0 Å². The lowest BCUT2D eigenvalue weighted by Crippen LogP contribution is -2.19. The minimum absolute atomic E-state index is 0.0485. The summed E-state index contributed by atoms with van der Waals surface area (Å²) in [6.45, 7) is 0. The molecule has 2 aromatic carbocycles. The predicted octanol–water partition coefficient (Wildman–Crippen LogP) is 3.61. The van der Waals surface area contributed by atoms with Gasteiger partial charge in [0.2, 0.25) is 0 Å². The molecule has 4 heteroatoms. The molecule has 112 valence electrons. The largest absolute Gasteiger partial charge is 0.486 e. The standard InChI is InChI=1S/C18H18N2O2/c19-13-4-1-6-15(10-13)21-17-8-3-9-18(12-17)22-16-7-2-5-14(20)11-16/h1-10,12,16H,11,19-20H2.